The van der Waals surface area contributed by atoms with Gasteiger partial charge in [-0.25, -0.2) is 0 Å². The van der Waals surface area contributed by atoms with Crippen LogP contribution in [-0.2, 0) is 6.54 Å². The molecule has 0 unspecified atom stereocenters. The lowest BCUT2D eigenvalue weighted by Crippen LogP contribution is -2.30. The summed E-state index contributed by atoms with van der Waals surface area (Å²) in [6.45, 7) is 8.73. The topological polar surface area (TPSA) is 33.4 Å². The maximum Gasteiger partial charge on any atom is 0.160 e. The predicted molar refractivity (Wildman–Crippen MR) is 95.8 cm³/mol. The van der Waals surface area contributed by atoms with Crippen LogP contribution in [0, 0.1) is 6.92 Å². The van der Waals surface area contributed by atoms with Gasteiger partial charge in [0.2, 0.25) is 0 Å². The highest BCUT2D eigenvalue weighted by molar-refractivity contribution is 8.14. The molecule has 4 rings (SSSR count). The van der Waals surface area contributed by atoms with Gasteiger partial charge >= 0.3 is 0 Å². The fourth-order valence-corrected chi connectivity index (χ4v) is 4.81. The van der Waals surface area contributed by atoms with Crippen molar-refractivity contribution in [2.45, 2.75) is 44.6 Å². The molecule has 0 N–H and O–H groups in total. The van der Waals surface area contributed by atoms with E-state index >= 15 is 0 Å². The molecule has 1 fully saturated rings. The van der Waals surface area contributed by atoms with Gasteiger partial charge in [-0.1, -0.05) is 24.8 Å². The molecule has 4 nitrogen and oxygen atoms in total. The molecule has 2 aliphatic heterocycles. The van der Waals surface area contributed by atoms with Crippen molar-refractivity contribution in [1.82, 2.24) is 14.5 Å². The molecule has 1 saturated heterocycles. The van der Waals surface area contributed by atoms with Crippen molar-refractivity contribution in [3.8, 4) is 0 Å². The Morgan fingerprint density at radius 3 is 2.87 bits per heavy atom. The number of hydrogen-bond donors (Lipinski definition) is 0. The summed E-state index contributed by atoms with van der Waals surface area (Å²) in [6, 6.07) is 11.0. The zero-order valence-corrected chi connectivity index (χ0v) is 14.6. The lowest BCUT2D eigenvalue weighted by molar-refractivity contribution is 0.306. The number of pyridine rings is 1. The summed E-state index contributed by atoms with van der Waals surface area (Å²) in [4.78, 5) is 12.1. The van der Waals surface area contributed by atoms with Gasteiger partial charge in [0.25, 0.3) is 0 Å². The second-order valence-corrected chi connectivity index (χ2v) is 7.69. The standard InChI is InChI=1S/C18H22N4S/c1-4-21-12(2)8-9-15(21)17-16(14-7-5-6-10-19-14)20-18-22(17)11-13(3)23-18/h5-10,13,16-17H,4,11H2,1-3H3/t13-,16+,17+/m0/s1. The minimum Gasteiger partial charge on any atom is -0.347 e. The summed E-state index contributed by atoms with van der Waals surface area (Å²) in [5.41, 5.74) is 3.74. The number of aryl methyl sites for hydroxylation is 1. The minimum absolute atomic E-state index is 0.0887. The molecule has 2 aromatic rings. The smallest absolute Gasteiger partial charge is 0.160 e. The van der Waals surface area contributed by atoms with E-state index in [-0.39, 0.29) is 12.1 Å². The molecule has 2 aromatic heterocycles. The third kappa shape index (κ3) is 2.38. The largest absolute Gasteiger partial charge is 0.347 e. The van der Waals surface area contributed by atoms with Crippen LogP contribution < -0.4 is 0 Å². The Hall–Kier alpha value is -1.75. The van der Waals surface area contributed by atoms with Crippen molar-refractivity contribution in [3.63, 3.8) is 0 Å². The molecule has 0 aliphatic carbocycles. The van der Waals surface area contributed by atoms with Gasteiger partial charge in [-0.2, -0.15) is 0 Å². The Balaban J connectivity index is 1.81. The average Bonchev–Trinajstić information content (AvgIpc) is 3.19. The van der Waals surface area contributed by atoms with Crippen LogP contribution in [0.4, 0.5) is 0 Å². The van der Waals surface area contributed by atoms with Crippen molar-refractivity contribution in [2.75, 3.05) is 6.54 Å². The highest BCUT2D eigenvalue weighted by atomic mass is 32.2. The number of hydrogen-bond acceptors (Lipinski definition) is 4. The molecule has 0 aromatic carbocycles. The lowest BCUT2D eigenvalue weighted by atomic mass is 10.0. The Morgan fingerprint density at radius 2 is 2.13 bits per heavy atom. The second-order valence-electron chi connectivity index (χ2n) is 6.28. The van der Waals surface area contributed by atoms with E-state index in [1.807, 2.05) is 24.0 Å². The zero-order chi connectivity index (χ0) is 16.0. The quantitative estimate of drug-likeness (QED) is 0.860. The molecule has 0 amide bonds. The molecule has 2 aliphatic rings. The fraction of sp³-hybridized carbons (Fsp3) is 0.444. The maximum atomic E-state index is 5.04. The predicted octanol–water partition coefficient (Wildman–Crippen LogP) is 3.80. The van der Waals surface area contributed by atoms with Gasteiger partial charge in [-0.05, 0) is 38.1 Å². The zero-order valence-electron chi connectivity index (χ0n) is 13.8. The number of rotatable bonds is 3. The van der Waals surface area contributed by atoms with Crippen LogP contribution in [0.25, 0.3) is 0 Å². The minimum atomic E-state index is 0.0887. The van der Waals surface area contributed by atoms with E-state index < -0.39 is 0 Å². The normalized spacial score (nSPS) is 26.5. The molecule has 0 spiro atoms. The van der Waals surface area contributed by atoms with Crippen LogP contribution in [0.2, 0.25) is 0 Å². The van der Waals surface area contributed by atoms with Crippen LogP contribution in [0.1, 0.15) is 43.0 Å². The van der Waals surface area contributed by atoms with Gasteiger partial charge in [0.1, 0.15) is 6.04 Å². The first kappa shape index (κ1) is 14.8. The summed E-state index contributed by atoms with van der Waals surface area (Å²) >= 11 is 1.89. The Morgan fingerprint density at radius 1 is 1.26 bits per heavy atom. The van der Waals surface area contributed by atoms with Gasteiger partial charge in [-0.3, -0.25) is 9.98 Å². The first-order valence-electron chi connectivity index (χ1n) is 8.27. The molecule has 4 heterocycles. The van der Waals surface area contributed by atoms with Crippen LogP contribution in [-0.4, -0.2) is 31.4 Å². The Kier molecular flexibility index (Phi) is 3.68. The van der Waals surface area contributed by atoms with Gasteiger partial charge < -0.3 is 9.47 Å². The third-order valence-electron chi connectivity index (χ3n) is 4.73. The maximum absolute atomic E-state index is 5.04. The van der Waals surface area contributed by atoms with Crippen molar-refractivity contribution in [1.29, 1.82) is 0 Å². The highest BCUT2D eigenvalue weighted by Gasteiger charge is 2.44. The SMILES string of the molecule is CCn1c(C)ccc1[C@@H]1[C@@H](c2ccccn2)N=C2S[C@@H](C)CN21. The number of thioether (sulfide) groups is 1. The van der Waals surface area contributed by atoms with Crippen molar-refractivity contribution < 1.29 is 0 Å². The summed E-state index contributed by atoms with van der Waals surface area (Å²) < 4.78 is 2.41. The first-order chi connectivity index (χ1) is 11.2. The number of aromatic nitrogens is 2. The molecule has 0 radical (unpaired) electrons. The average molecular weight is 326 g/mol. The molecule has 5 heteroatoms. The Labute approximate surface area is 141 Å². The number of fused-ring (bicyclic) bond motifs is 1. The molecular weight excluding hydrogens is 304 g/mol. The number of aliphatic imine (C=N–C) groups is 1. The van der Waals surface area contributed by atoms with Crippen LogP contribution in [0.15, 0.2) is 41.5 Å². The van der Waals surface area contributed by atoms with Crippen LogP contribution >= 0.6 is 11.8 Å². The van der Waals surface area contributed by atoms with Crippen LogP contribution in [0.5, 0.6) is 0 Å². The van der Waals surface area contributed by atoms with Gasteiger partial charge in [0, 0.05) is 35.9 Å². The summed E-state index contributed by atoms with van der Waals surface area (Å²) in [5.74, 6) is 0. The van der Waals surface area contributed by atoms with E-state index in [0.717, 1.165) is 18.8 Å². The number of amidine groups is 1. The van der Waals surface area contributed by atoms with E-state index in [1.54, 1.807) is 0 Å². The van der Waals surface area contributed by atoms with E-state index in [0.29, 0.717) is 5.25 Å². The Bertz CT molecular complexity index is 737. The molecule has 0 bridgehead atoms. The summed E-state index contributed by atoms with van der Waals surface area (Å²) in [6.07, 6.45) is 1.87. The summed E-state index contributed by atoms with van der Waals surface area (Å²) in [5, 5.41) is 1.78. The van der Waals surface area contributed by atoms with Crippen molar-refractivity contribution in [3.05, 3.63) is 53.6 Å². The van der Waals surface area contributed by atoms with E-state index in [2.05, 4.69) is 59.5 Å². The lowest BCUT2D eigenvalue weighted by Gasteiger charge is -2.28. The molecular formula is C18H22N4S. The van der Waals surface area contributed by atoms with Gasteiger partial charge in [0.05, 0.1) is 11.7 Å². The van der Waals surface area contributed by atoms with Crippen molar-refractivity contribution in [2.24, 2.45) is 4.99 Å². The monoisotopic (exact) mass is 326 g/mol. The van der Waals surface area contributed by atoms with Crippen LogP contribution in [0.3, 0.4) is 0 Å². The van der Waals surface area contributed by atoms with E-state index in [4.69, 9.17) is 4.99 Å². The molecule has 120 valence electrons. The van der Waals surface area contributed by atoms with E-state index in [1.165, 1.54) is 16.6 Å². The van der Waals surface area contributed by atoms with Gasteiger partial charge in [-0.15, -0.1) is 0 Å². The third-order valence-corrected chi connectivity index (χ3v) is 5.84. The van der Waals surface area contributed by atoms with Crippen molar-refractivity contribution >= 4 is 16.9 Å². The van der Waals surface area contributed by atoms with E-state index in [9.17, 15) is 0 Å². The molecule has 3 atom stereocenters. The first-order valence-corrected chi connectivity index (χ1v) is 9.15. The number of nitrogens with zero attached hydrogens (tertiary/aromatic N) is 4. The van der Waals surface area contributed by atoms with Gasteiger partial charge in [0.15, 0.2) is 5.17 Å². The summed E-state index contributed by atoms with van der Waals surface area (Å²) in [7, 11) is 0. The molecule has 0 saturated carbocycles. The highest BCUT2D eigenvalue weighted by Crippen LogP contribution is 2.47. The fourth-order valence-electron chi connectivity index (χ4n) is 3.72. The molecule has 23 heavy (non-hydrogen) atoms. The second kappa shape index (κ2) is 5.71.